The maximum atomic E-state index is 9.67. The molecule has 5 heteroatoms. The van der Waals surface area contributed by atoms with Crippen LogP contribution in [0.3, 0.4) is 0 Å². The van der Waals surface area contributed by atoms with Crippen LogP contribution in [-0.4, -0.2) is 36.0 Å². The van der Waals surface area contributed by atoms with Crippen LogP contribution in [0.15, 0.2) is 0 Å². The summed E-state index contributed by atoms with van der Waals surface area (Å²) in [4.78, 5) is 9.67. The molecule has 0 aliphatic rings. The Bertz CT molecular complexity index is 75.0. The largest absolute Gasteiger partial charge is 0.480 e. The zero-order chi connectivity index (χ0) is 6.41. The van der Waals surface area contributed by atoms with Crippen molar-refractivity contribution in [2.75, 3.05) is 19.8 Å². The molecule has 0 unspecified atom stereocenters. The predicted molar refractivity (Wildman–Crippen MR) is 25.5 cm³/mol. The van der Waals surface area contributed by atoms with Crippen LogP contribution in [0.1, 0.15) is 0 Å². The summed E-state index contributed by atoms with van der Waals surface area (Å²) >= 11 is 0. The first-order chi connectivity index (χ1) is 3.77. The number of carboxylic acids is 1. The third kappa shape index (κ3) is 11.5. The average Bonchev–Trinajstić information content (AvgIpc) is 1.66. The molecular weight excluding hydrogens is 177 g/mol. The van der Waals surface area contributed by atoms with Crippen molar-refractivity contribution in [2.24, 2.45) is 0 Å². The monoisotopic (exact) mass is 184 g/mol. The second-order valence-corrected chi connectivity index (χ2v) is 1.17. The Kier molecular flexibility index (Phi) is 10.5. The molecule has 0 fully saturated rings. The van der Waals surface area contributed by atoms with E-state index < -0.39 is 5.97 Å². The molecule has 0 saturated heterocycles. The quantitative estimate of drug-likeness (QED) is 0.439. The molecule has 0 aliphatic carbocycles. The van der Waals surface area contributed by atoms with Crippen LogP contribution in [0.4, 0.5) is 0 Å². The maximum Gasteiger partial charge on any atom is 0.329 e. The first-order valence-corrected chi connectivity index (χ1v) is 2.17. The molecule has 0 aromatic heterocycles. The van der Waals surface area contributed by atoms with Crippen LogP contribution in [0.25, 0.3) is 0 Å². The average molecular weight is 185 g/mol. The number of carbonyl (C=O) groups is 1. The number of hydrogen-bond donors (Lipinski definition) is 2. The van der Waals surface area contributed by atoms with Crippen molar-refractivity contribution < 1.29 is 39.2 Å². The minimum atomic E-state index is -1.02. The third-order valence-corrected chi connectivity index (χ3v) is 0.461. The van der Waals surface area contributed by atoms with Gasteiger partial charge in [-0.3, -0.25) is 0 Å². The van der Waals surface area contributed by atoms with Gasteiger partial charge in [-0.1, -0.05) is 0 Å². The summed E-state index contributed by atoms with van der Waals surface area (Å²) in [5.74, 6) is -1.02. The van der Waals surface area contributed by atoms with Crippen molar-refractivity contribution in [2.45, 2.75) is 0 Å². The van der Waals surface area contributed by atoms with Crippen molar-refractivity contribution in [1.82, 2.24) is 0 Å². The van der Waals surface area contributed by atoms with E-state index in [0.717, 1.165) is 0 Å². The number of ether oxygens (including phenoxy) is 1. The van der Waals surface area contributed by atoms with Gasteiger partial charge in [-0.05, 0) is 0 Å². The van der Waals surface area contributed by atoms with E-state index in [4.69, 9.17) is 10.2 Å². The van der Waals surface area contributed by atoms with Gasteiger partial charge in [0.05, 0.1) is 13.2 Å². The van der Waals surface area contributed by atoms with Gasteiger partial charge in [0.1, 0.15) is 6.61 Å². The second-order valence-electron chi connectivity index (χ2n) is 1.17. The summed E-state index contributed by atoms with van der Waals surface area (Å²) in [6.07, 6.45) is 0. The summed E-state index contributed by atoms with van der Waals surface area (Å²) in [5.41, 5.74) is 0. The fraction of sp³-hybridized carbons (Fsp3) is 0.750. The minimum Gasteiger partial charge on any atom is -0.480 e. The molecule has 0 saturated carbocycles. The molecule has 50 valence electrons. The first-order valence-electron chi connectivity index (χ1n) is 2.17. The van der Waals surface area contributed by atoms with Crippen LogP contribution in [0.2, 0.25) is 0 Å². The molecule has 0 radical (unpaired) electrons. The van der Waals surface area contributed by atoms with Crippen molar-refractivity contribution in [3.05, 3.63) is 0 Å². The van der Waals surface area contributed by atoms with Gasteiger partial charge in [0.25, 0.3) is 0 Å². The van der Waals surface area contributed by atoms with Gasteiger partial charge in [-0.15, -0.1) is 0 Å². The summed E-state index contributed by atoms with van der Waals surface area (Å²) in [7, 11) is 0. The smallest absolute Gasteiger partial charge is 0.329 e. The van der Waals surface area contributed by atoms with E-state index in [-0.39, 0.29) is 39.3 Å². The van der Waals surface area contributed by atoms with E-state index in [1.54, 1.807) is 0 Å². The van der Waals surface area contributed by atoms with Crippen molar-refractivity contribution >= 4 is 5.97 Å². The molecular formula is C4H8O4Zn. The van der Waals surface area contributed by atoms with E-state index in [2.05, 4.69) is 4.74 Å². The van der Waals surface area contributed by atoms with E-state index in [1.807, 2.05) is 0 Å². The zero-order valence-corrected chi connectivity index (χ0v) is 8.01. The molecule has 0 aromatic carbocycles. The summed E-state index contributed by atoms with van der Waals surface area (Å²) in [6.45, 7) is -0.375. The molecule has 2 N–H and O–H groups in total. The van der Waals surface area contributed by atoms with Crippen LogP contribution in [0.5, 0.6) is 0 Å². The number of aliphatic carboxylic acids is 1. The summed E-state index contributed by atoms with van der Waals surface area (Å²) in [6, 6.07) is 0. The van der Waals surface area contributed by atoms with Crippen molar-refractivity contribution in [3.8, 4) is 0 Å². The molecule has 0 amide bonds. The molecule has 0 aromatic rings. The Morgan fingerprint density at radius 3 is 2.44 bits per heavy atom. The van der Waals surface area contributed by atoms with Crippen molar-refractivity contribution in [3.63, 3.8) is 0 Å². The van der Waals surface area contributed by atoms with Gasteiger partial charge in [-0.2, -0.15) is 0 Å². The first kappa shape index (κ1) is 11.8. The van der Waals surface area contributed by atoms with E-state index >= 15 is 0 Å². The second kappa shape index (κ2) is 8.01. The molecule has 0 bridgehead atoms. The van der Waals surface area contributed by atoms with Crippen LogP contribution < -0.4 is 0 Å². The van der Waals surface area contributed by atoms with Gasteiger partial charge in [0.2, 0.25) is 0 Å². The Hall–Kier alpha value is 0.0134. The van der Waals surface area contributed by atoms with Gasteiger partial charge in [0, 0.05) is 19.5 Å². The van der Waals surface area contributed by atoms with Crippen LogP contribution >= 0.6 is 0 Å². The van der Waals surface area contributed by atoms with Gasteiger partial charge >= 0.3 is 5.97 Å². The SMILES string of the molecule is O=C(O)COCCO.[Zn]. The summed E-state index contributed by atoms with van der Waals surface area (Å²) in [5, 5.41) is 16.0. The Labute approximate surface area is 65.6 Å². The fourth-order valence-corrected chi connectivity index (χ4v) is 0.224. The summed E-state index contributed by atoms with van der Waals surface area (Å²) < 4.78 is 4.39. The molecule has 9 heavy (non-hydrogen) atoms. The predicted octanol–water partition coefficient (Wildman–Crippen LogP) is -0.923. The van der Waals surface area contributed by atoms with Gasteiger partial charge < -0.3 is 14.9 Å². The van der Waals surface area contributed by atoms with Gasteiger partial charge in [0.15, 0.2) is 0 Å². The third-order valence-electron chi connectivity index (χ3n) is 0.461. The molecule has 0 rings (SSSR count). The van der Waals surface area contributed by atoms with E-state index in [1.165, 1.54) is 0 Å². The minimum absolute atomic E-state index is 0. The number of aliphatic hydroxyl groups is 1. The number of aliphatic hydroxyl groups excluding tert-OH is 1. The molecule has 0 aliphatic heterocycles. The van der Waals surface area contributed by atoms with Gasteiger partial charge in [-0.25, -0.2) is 4.79 Å². The number of carboxylic acid groups (broad SMARTS) is 1. The normalized spacial score (nSPS) is 8.11. The Morgan fingerprint density at radius 1 is 1.56 bits per heavy atom. The molecule has 0 spiro atoms. The van der Waals surface area contributed by atoms with E-state index in [9.17, 15) is 4.79 Å². The molecule has 4 nitrogen and oxygen atoms in total. The van der Waals surface area contributed by atoms with Crippen LogP contribution in [0, 0.1) is 0 Å². The van der Waals surface area contributed by atoms with Crippen molar-refractivity contribution in [1.29, 1.82) is 0 Å². The number of hydrogen-bond acceptors (Lipinski definition) is 3. The zero-order valence-electron chi connectivity index (χ0n) is 5.04. The van der Waals surface area contributed by atoms with E-state index in [0.29, 0.717) is 0 Å². The Morgan fingerprint density at radius 2 is 2.11 bits per heavy atom. The Balaban J connectivity index is 0. The van der Waals surface area contributed by atoms with Crippen LogP contribution in [-0.2, 0) is 29.0 Å². The molecule has 0 heterocycles. The fourth-order valence-electron chi connectivity index (χ4n) is 0.224. The molecule has 0 atom stereocenters. The maximum absolute atomic E-state index is 9.67. The number of rotatable bonds is 4. The topological polar surface area (TPSA) is 66.8 Å². The standard InChI is InChI=1S/C4H8O4.Zn/c5-1-2-8-3-4(6)7;/h5H,1-3H2,(H,6,7);.